The van der Waals surface area contributed by atoms with Gasteiger partial charge in [-0.1, -0.05) is 0 Å². The highest BCUT2D eigenvalue weighted by Crippen LogP contribution is 2.37. The van der Waals surface area contributed by atoms with Crippen molar-refractivity contribution in [2.24, 2.45) is 0 Å². The van der Waals surface area contributed by atoms with Crippen LogP contribution in [0.4, 0.5) is 18.9 Å². The molecule has 1 saturated heterocycles. The van der Waals surface area contributed by atoms with Crippen LogP contribution in [0.2, 0.25) is 0 Å². The first-order valence-electron chi connectivity index (χ1n) is 8.26. The van der Waals surface area contributed by atoms with E-state index in [9.17, 15) is 13.2 Å². The van der Waals surface area contributed by atoms with Crippen LogP contribution in [0.1, 0.15) is 5.56 Å². The quantitative estimate of drug-likeness (QED) is 0.707. The number of likely N-dealkylation sites (N-methyl/N-ethyl adjacent to an activating group) is 1. The summed E-state index contributed by atoms with van der Waals surface area (Å²) >= 11 is 0. The zero-order valence-corrected chi connectivity index (χ0v) is 14.6. The second-order valence-corrected chi connectivity index (χ2v) is 5.82. The molecule has 142 valence electrons. The number of methoxy groups -OCH3 is 1. The van der Waals surface area contributed by atoms with E-state index in [1.807, 2.05) is 11.9 Å². The molecule has 1 N–H and O–H groups in total. The van der Waals surface area contributed by atoms with E-state index in [2.05, 4.69) is 15.2 Å². The van der Waals surface area contributed by atoms with E-state index >= 15 is 0 Å². The molecule has 1 aromatic heterocycles. The van der Waals surface area contributed by atoms with Crippen molar-refractivity contribution in [1.29, 1.82) is 0 Å². The van der Waals surface area contributed by atoms with Crippen LogP contribution in [0.15, 0.2) is 12.3 Å². The van der Waals surface area contributed by atoms with Crippen molar-refractivity contribution >= 4 is 5.69 Å². The molecule has 0 saturated carbocycles. The molecule has 0 radical (unpaired) electrons. The van der Waals surface area contributed by atoms with Gasteiger partial charge in [0.2, 0.25) is 5.88 Å². The van der Waals surface area contributed by atoms with Crippen LogP contribution in [0.5, 0.6) is 5.88 Å². The number of piperazine rings is 1. The van der Waals surface area contributed by atoms with Crippen molar-refractivity contribution in [3.8, 4) is 5.88 Å². The van der Waals surface area contributed by atoms with Crippen molar-refractivity contribution in [1.82, 2.24) is 15.2 Å². The van der Waals surface area contributed by atoms with Crippen molar-refractivity contribution in [2.75, 3.05) is 71.5 Å². The van der Waals surface area contributed by atoms with Gasteiger partial charge in [-0.3, -0.25) is 4.90 Å². The summed E-state index contributed by atoms with van der Waals surface area (Å²) in [6.45, 7) is 5.03. The third-order valence-corrected chi connectivity index (χ3v) is 4.08. The van der Waals surface area contributed by atoms with Gasteiger partial charge < -0.3 is 19.7 Å². The number of aromatic nitrogens is 1. The molecular weight excluding hydrogens is 337 g/mol. The van der Waals surface area contributed by atoms with Gasteiger partial charge in [-0.05, 0) is 13.1 Å². The molecule has 2 rings (SSSR count). The Hall–Kier alpha value is -1.58. The SMILES string of the molecule is CNCCN1CCN(c2cnc(OCCOC)c(C(F)(F)F)c2)CC1. The van der Waals surface area contributed by atoms with E-state index in [1.165, 1.54) is 13.3 Å². The number of hydrogen-bond donors (Lipinski definition) is 1. The van der Waals surface area contributed by atoms with E-state index in [1.54, 1.807) is 0 Å². The number of halogens is 3. The van der Waals surface area contributed by atoms with E-state index in [0.717, 1.165) is 32.2 Å². The summed E-state index contributed by atoms with van der Waals surface area (Å²) in [7, 11) is 3.36. The first-order valence-corrected chi connectivity index (χ1v) is 8.26. The van der Waals surface area contributed by atoms with Gasteiger partial charge in [0.1, 0.15) is 12.2 Å². The Morgan fingerprint density at radius 2 is 1.92 bits per heavy atom. The zero-order valence-electron chi connectivity index (χ0n) is 14.6. The molecule has 0 aromatic carbocycles. The fraction of sp³-hybridized carbons (Fsp3) is 0.688. The highest BCUT2D eigenvalue weighted by Gasteiger charge is 2.36. The van der Waals surface area contributed by atoms with Crippen LogP contribution in [0.3, 0.4) is 0 Å². The predicted molar refractivity (Wildman–Crippen MR) is 89.2 cm³/mol. The highest BCUT2D eigenvalue weighted by atomic mass is 19.4. The third-order valence-electron chi connectivity index (χ3n) is 4.08. The molecule has 25 heavy (non-hydrogen) atoms. The standard InChI is InChI=1S/C16H25F3N4O2/c1-20-3-4-22-5-7-23(8-6-22)13-11-14(16(17,18)19)15(21-12-13)25-10-9-24-2/h11-12,20H,3-10H2,1-2H3. The van der Waals surface area contributed by atoms with Gasteiger partial charge in [-0.25, -0.2) is 4.98 Å². The third kappa shape index (κ3) is 5.72. The van der Waals surface area contributed by atoms with Crippen LogP contribution >= 0.6 is 0 Å². The fourth-order valence-electron chi connectivity index (χ4n) is 2.65. The molecule has 0 bridgehead atoms. The lowest BCUT2D eigenvalue weighted by atomic mass is 10.2. The molecule has 0 spiro atoms. The van der Waals surface area contributed by atoms with Crippen LogP contribution in [-0.4, -0.2) is 76.5 Å². The summed E-state index contributed by atoms with van der Waals surface area (Å²) in [6, 6.07) is 1.12. The maximum atomic E-state index is 13.3. The van der Waals surface area contributed by atoms with Crippen LogP contribution < -0.4 is 15.0 Å². The lowest BCUT2D eigenvalue weighted by Gasteiger charge is -2.36. The number of pyridine rings is 1. The Morgan fingerprint density at radius 1 is 1.20 bits per heavy atom. The zero-order chi connectivity index (χ0) is 18.3. The topological polar surface area (TPSA) is 49.9 Å². The van der Waals surface area contributed by atoms with Crippen molar-refractivity contribution < 1.29 is 22.6 Å². The van der Waals surface area contributed by atoms with E-state index in [-0.39, 0.29) is 13.2 Å². The van der Waals surface area contributed by atoms with Crippen LogP contribution in [0, 0.1) is 0 Å². The Bertz CT molecular complexity index is 535. The smallest absolute Gasteiger partial charge is 0.421 e. The van der Waals surface area contributed by atoms with E-state index in [4.69, 9.17) is 9.47 Å². The van der Waals surface area contributed by atoms with Crippen molar-refractivity contribution in [3.63, 3.8) is 0 Å². The minimum Gasteiger partial charge on any atom is -0.475 e. The number of hydrogen-bond acceptors (Lipinski definition) is 6. The molecule has 9 heteroatoms. The summed E-state index contributed by atoms with van der Waals surface area (Å²) in [6.07, 6.45) is -3.07. The number of nitrogens with one attached hydrogen (secondary N) is 1. The summed E-state index contributed by atoms with van der Waals surface area (Å²) in [5, 5.41) is 3.10. The van der Waals surface area contributed by atoms with Gasteiger partial charge in [0.15, 0.2) is 0 Å². The number of alkyl halides is 3. The van der Waals surface area contributed by atoms with Gasteiger partial charge in [0, 0.05) is 46.4 Å². The minimum atomic E-state index is -4.51. The van der Waals surface area contributed by atoms with Gasteiger partial charge in [0.05, 0.1) is 18.5 Å². The lowest BCUT2D eigenvalue weighted by Crippen LogP contribution is -2.48. The molecule has 1 fully saturated rings. The molecule has 1 aliphatic rings. The molecule has 1 aromatic rings. The average molecular weight is 362 g/mol. The summed E-state index contributed by atoms with van der Waals surface area (Å²) in [4.78, 5) is 8.11. The first-order chi connectivity index (χ1) is 12.0. The summed E-state index contributed by atoms with van der Waals surface area (Å²) in [5.74, 6) is -0.402. The Balaban J connectivity index is 2.06. The predicted octanol–water partition coefficient (Wildman–Crippen LogP) is 1.47. The van der Waals surface area contributed by atoms with Gasteiger partial charge >= 0.3 is 6.18 Å². The molecule has 0 unspecified atom stereocenters. The summed E-state index contributed by atoms with van der Waals surface area (Å²) in [5.41, 5.74) is -0.376. The van der Waals surface area contributed by atoms with E-state index in [0.29, 0.717) is 18.8 Å². The number of nitrogens with zero attached hydrogens (tertiary/aromatic N) is 3. The maximum Gasteiger partial charge on any atom is 0.421 e. The number of anilines is 1. The fourth-order valence-corrected chi connectivity index (χ4v) is 2.65. The molecule has 1 aliphatic heterocycles. The second-order valence-electron chi connectivity index (χ2n) is 5.82. The Morgan fingerprint density at radius 3 is 2.52 bits per heavy atom. The average Bonchev–Trinajstić information content (AvgIpc) is 2.60. The van der Waals surface area contributed by atoms with Crippen molar-refractivity contribution in [2.45, 2.75) is 6.18 Å². The van der Waals surface area contributed by atoms with E-state index < -0.39 is 17.6 Å². The lowest BCUT2D eigenvalue weighted by molar-refractivity contribution is -0.139. The van der Waals surface area contributed by atoms with Crippen LogP contribution in [-0.2, 0) is 10.9 Å². The first kappa shape index (κ1) is 19.7. The Labute approximate surface area is 145 Å². The molecule has 0 aliphatic carbocycles. The highest BCUT2D eigenvalue weighted by molar-refractivity contribution is 5.50. The molecule has 2 heterocycles. The molecule has 6 nitrogen and oxygen atoms in total. The van der Waals surface area contributed by atoms with Crippen LogP contribution in [0.25, 0.3) is 0 Å². The number of ether oxygens (including phenoxy) is 2. The largest absolute Gasteiger partial charge is 0.475 e. The molecular formula is C16H25F3N4O2. The maximum absolute atomic E-state index is 13.3. The second kappa shape index (κ2) is 9.21. The van der Waals surface area contributed by atoms with Crippen molar-refractivity contribution in [3.05, 3.63) is 17.8 Å². The molecule has 0 amide bonds. The normalized spacial score (nSPS) is 16.3. The van der Waals surface area contributed by atoms with Gasteiger partial charge in [-0.15, -0.1) is 0 Å². The monoisotopic (exact) mass is 362 g/mol. The molecule has 0 atom stereocenters. The number of rotatable bonds is 8. The Kier molecular flexibility index (Phi) is 7.27. The van der Waals surface area contributed by atoms with Gasteiger partial charge in [-0.2, -0.15) is 13.2 Å². The van der Waals surface area contributed by atoms with Gasteiger partial charge in [0.25, 0.3) is 0 Å². The minimum absolute atomic E-state index is 0.0239. The summed E-state index contributed by atoms with van der Waals surface area (Å²) < 4.78 is 49.9.